The van der Waals surface area contributed by atoms with Crippen molar-refractivity contribution in [1.82, 2.24) is 15.0 Å². The van der Waals surface area contributed by atoms with Crippen LogP contribution in [0, 0.1) is 0 Å². The summed E-state index contributed by atoms with van der Waals surface area (Å²) in [6, 6.07) is 17.2. The third-order valence-electron chi connectivity index (χ3n) is 4.62. The summed E-state index contributed by atoms with van der Waals surface area (Å²) in [5, 5.41) is 4.08. The largest absolute Gasteiger partial charge is 0.363 e. The van der Waals surface area contributed by atoms with Crippen LogP contribution >= 0.6 is 12.4 Å². The van der Waals surface area contributed by atoms with Crippen molar-refractivity contribution in [2.45, 2.75) is 0 Å². The van der Waals surface area contributed by atoms with Crippen LogP contribution in [0.15, 0.2) is 73.2 Å². The van der Waals surface area contributed by atoms with Crippen LogP contribution in [0.2, 0.25) is 0 Å². The van der Waals surface area contributed by atoms with Crippen molar-refractivity contribution in [2.24, 2.45) is 0 Å². The number of aromatic nitrogens is 3. The van der Waals surface area contributed by atoms with Gasteiger partial charge in [-0.05, 0) is 30.3 Å². The monoisotopic (exact) mass is 433 g/mol. The van der Waals surface area contributed by atoms with Crippen molar-refractivity contribution in [2.75, 3.05) is 24.3 Å². The molecule has 0 radical (unpaired) electrons. The average molecular weight is 434 g/mol. The fourth-order valence-electron chi connectivity index (χ4n) is 2.99. The molecule has 156 valence electrons. The lowest BCUT2D eigenvalue weighted by Crippen LogP contribution is -2.14. The minimum absolute atomic E-state index is 0. The summed E-state index contributed by atoms with van der Waals surface area (Å²) in [5.74, 6) is 0.356. The fraction of sp³-hybridized carbons (Fsp3) is 0.0870. The number of hydrogen-bond acceptors (Lipinski definition) is 7. The van der Waals surface area contributed by atoms with Crippen molar-refractivity contribution >= 4 is 52.2 Å². The van der Waals surface area contributed by atoms with Gasteiger partial charge >= 0.3 is 0 Å². The molecular formula is C23H20ClN5O2. The SMILES string of the molecule is CN(C)c1cc2c(Nc3ccc(C(=O)C(=O)c4ccccc4)cc3)ncnc2cn1.Cl. The number of carbonyl (C=O) groups excluding carboxylic acids is 2. The van der Waals surface area contributed by atoms with Crippen LogP contribution in [0.4, 0.5) is 17.3 Å². The highest BCUT2D eigenvalue weighted by atomic mass is 35.5. The van der Waals surface area contributed by atoms with E-state index < -0.39 is 11.6 Å². The maximum absolute atomic E-state index is 12.5. The Kier molecular flexibility index (Phi) is 6.57. The smallest absolute Gasteiger partial charge is 0.233 e. The van der Waals surface area contributed by atoms with Gasteiger partial charge < -0.3 is 10.2 Å². The molecule has 4 aromatic rings. The molecule has 0 saturated carbocycles. The van der Waals surface area contributed by atoms with Crippen LogP contribution in [0.1, 0.15) is 20.7 Å². The molecular weight excluding hydrogens is 414 g/mol. The average Bonchev–Trinajstić information content (AvgIpc) is 2.79. The second-order valence-corrected chi connectivity index (χ2v) is 6.90. The molecule has 31 heavy (non-hydrogen) atoms. The number of carbonyl (C=O) groups is 2. The van der Waals surface area contributed by atoms with Crippen molar-refractivity contribution in [3.8, 4) is 0 Å². The lowest BCUT2D eigenvalue weighted by atomic mass is 10.0. The Morgan fingerprint density at radius 1 is 0.839 bits per heavy atom. The van der Waals surface area contributed by atoms with Crippen molar-refractivity contribution in [1.29, 1.82) is 0 Å². The van der Waals surface area contributed by atoms with Gasteiger partial charge in [-0.25, -0.2) is 15.0 Å². The molecule has 0 aliphatic heterocycles. The molecule has 0 spiro atoms. The number of nitrogens with one attached hydrogen (secondary N) is 1. The van der Waals surface area contributed by atoms with Crippen molar-refractivity contribution in [3.05, 3.63) is 84.3 Å². The molecule has 2 heterocycles. The summed E-state index contributed by atoms with van der Waals surface area (Å²) >= 11 is 0. The second kappa shape index (κ2) is 9.32. The molecule has 0 aliphatic carbocycles. The number of fused-ring (bicyclic) bond motifs is 1. The summed E-state index contributed by atoms with van der Waals surface area (Å²) < 4.78 is 0. The van der Waals surface area contributed by atoms with E-state index in [0.717, 1.165) is 22.4 Å². The van der Waals surface area contributed by atoms with Gasteiger partial charge in [-0.3, -0.25) is 9.59 Å². The lowest BCUT2D eigenvalue weighted by molar-refractivity contribution is 0.0817. The van der Waals surface area contributed by atoms with Gasteiger partial charge in [0.25, 0.3) is 0 Å². The zero-order valence-corrected chi connectivity index (χ0v) is 17.8. The van der Waals surface area contributed by atoms with Crippen LogP contribution in [-0.4, -0.2) is 40.6 Å². The van der Waals surface area contributed by atoms with Crippen LogP contribution in [-0.2, 0) is 0 Å². The zero-order valence-electron chi connectivity index (χ0n) is 16.9. The van der Waals surface area contributed by atoms with Crippen molar-refractivity contribution < 1.29 is 9.59 Å². The van der Waals surface area contributed by atoms with Crippen LogP contribution in [0.3, 0.4) is 0 Å². The predicted octanol–water partition coefficient (Wildman–Crippen LogP) is 4.32. The highest BCUT2D eigenvalue weighted by Gasteiger charge is 2.18. The summed E-state index contributed by atoms with van der Waals surface area (Å²) in [7, 11) is 3.83. The van der Waals surface area contributed by atoms with Crippen LogP contribution < -0.4 is 10.2 Å². The molecule has 0 unspecified atom stereocenters. The van der Waals surface area contributed by atoms with Gasteiger partial charge in [-0.2, -0.15) is 0 Å². The van der Waals surface area contributed by atoms with Gasteiger partial charge in [0, 0.05) is 36.3 Å². The number of anilines is 3. The Labute approximate surface area is 185 Å². The Balaban J connectivity index is 0.00000272. The van der Waals surface area contributed by atoms with E-state index in [0.29, 0.717) is 16.9 Å². The van der Waals surface area contributed by atoms with Gasteiger partial charge in [0.1, 0.15) is 18.0 Å². The number of nitrogens with zero attached hydrogens (tertiary/aromatic N) is 4. The van der Waals surface area contributed by atoms with E-state index in [2.05, 4.69) is 20.3 Å². The van der Waals surface area contributed by atoms with Gasteiger partial charge in [0.2, 0.25) is 11.6 Å². The third kappa shape index (κ3) is 4.67. The van der Waals surface area contributed by atoms with Gasteiger partial charge in [0.15, 0.2) is 0 Å². The molecule has 0 amide bonds. The molecule has 0 saturated heterocycles. The first-order valence-corrected chi connectivity index (χ1v) is 9.32. The number of benzene rings is 2. The van der Waals surface area contributed by atoms with Crippen molar-refractivity contribution in [3.63, 3.8) is 0 Å². The Morgan fingerprint density at radius 2 is 1.48 bits per heavy atom. The normalized spacial score (nSPS) is 10.3. The third-order valence-corrected chi connectivity index (χ3v) is 4.62. The molecule has 2 aromatic carbocycles. The number of Topliss-reactive ketones (excluding diaryl/α,β-unsaturated/α-hetero) is 2. The first-order chi connectivity index (χ1) is 14.5. The first-order valence-electron chi connectivity index (χ1n) is 9.32. The zero-order chi connectivity index (χ0) is 21.1. The van der Waals surface area contributed by atoms with Gasteiger partial charge in [-0.15, -0.1) is 12.4 Å². The van der Waals surface area contributed by atoms with E-state index in [1.54, 1.807) is 60.8 Å². The second-order valence-electron chi connectivity index (χ2n) is 6.90. The van der Waals surface area contributed by atoms with Crippen LogP contribution in [0.5, 0.6) is 0 Å². The van der Waals surface area contributed by atoms with E-state index in [-0.39, 0.29) is 12.4 Å². The molecule has 0 atom stereocenters. The number of ketones is 2. The highest BCUT2D eigenvalue weighted by Crippen LogP contribution is 2.25. The number of pyridine rings is 1. The lowest BCUT2D eigenvalue weighted by Gasteiger charge is -2.13. The highest BCUT2D eigenvalue weighted by molar-refractivity contribution is 6.49. The quantitative estimate of drug-likeness (QED) is 0.357. The number of halogens is 1. The molecule has 0 bridgehead atoms. The molecule has 1 N–H and O–H groups in total. The molecule has 2 aromatic heterocycles. The van der Waals surface area contributed by atoms with Gasteiger partial charge in [-0.1, -0.05) is 30.3 Å². The summed E-state index contributed by atoms with van der Waals surface area (Å²) in [5.41, 5.74) is 2.17. The van der Waals surface area contributed by atoms with E-state index >= 15 is 0 Å². The first kappa shape index (κ1) is 21.9. The van der Waals surface area contributed by atoms with E-state index in [1.807, 2.05) is 25.1 Å². The molecule has 0 aliphatic rings. The summed E-state index contributed by atoms with van der Waals surface area (Å²) in [4.78, 5) is 39.7. The van der Waals surface area contributed by atoms with E-state index in [9.17, 15) is 9.59 Å². The van der Waals surface area contributed by atoms with E-state index in [1.165, 1.54) is 6.33 Å². The topological polar surface area (TPSA) is 88.1 Å². The molecule has 8 heteroatoms. The molecule has 7 nitrogen and oxygen atoms in total. The summed E-state index contributed by atoms with van der Waals surface area (Å²) in [6.07, 6.45) is 3.17. The van der Waals surface area contributed by atoms with Gasteiger partial charge in [0.05, 0.1) is 11.7 Å². The fourth-order valence-corrected chi connectivity index (χ4v) is 2.99. The standard InChI is InChI=1S/C23H19N5O2.ClH/c1-28(2)20-12-18-19(13-24-20)25-14-26-23(18)27-17-10-8-16(9-11-17)22(30)21(29)15-6-4-3-5-7-15;/h3-14H,1-2H3,(H,25,26,27);1H. The minimum Gasteiger partial charge on any atom is -0.363 e. The Morgan fingerprint density at radius 3 is 2.13 bits per heavy atom. The number of rotatable bonds is 6. The van der Waals surface area contributed by atoms with E-state index in [4.69, 9.17) is 0 Å². The maximum atomic E-state index is 12.5. The summed E-state index contributed by atoms with van der Waals surface area (Å²) in [6.45, 7) is 0. The molecule has 4 rings (SSSR count). The Bertz CT molecular complexity index is 1230. The minimum atomic E-state index is -0.540. The number of hydrogen-bond donors (Lipinski definition) is 1. The molecule has 0 fully saturated rings. The predicted molar refractivity (Wildman–Crippen MR) is 124 cm³/mol. The van der Waals surface area contributed by atoms with Crippen LogP contribution in [0.25, 0.3) is 10.9 Å². The maximum Gasteiger partial charge on any atom is 0.233 e. The Hall–Kier alpha value is -3.84.